The summed E-state index contributed by atoms with van der Waals surface area (Å²) >= 11 is 7.75. The van der Waals surface area contributed by atoms with E-state index >= 15 is 0 Å². The Balaban J connectivity index is 2.55. The summed E-state index contributed by atoms with van der Waals surface area (Å²) in [5.41, 5.74) is 6.52. The fraction of sp³-hybridized carbons (Fsp3) is 0.222. The molecule has 0 aromatic heterocycles. The Bertz CT molecular complexity index is 363. The zero-order valence-corrected chi connectivity index (χ0v) is 8.53. The zero-order chi connectivity index (χ0) is 9.26. The predicted molar refractivity (Wildman–Crippen MR) is 58.1 cm³/mol. The van der Waals surface area contributed by atoms with Crippen LogP contribution in [0.3, 0.4) is 0 Å². The van der Waals surface area contributed by atoms with E-state index in [1.165, 1.54) is 0 Å². The van der Waals surface area contributed by atoms with Crippen LogP contribution in [0.25, 0.3) is 0 Å². The lowest BCUT2D eigenvalue weighted by atomic mass is 10.3. The van der Waals surface area contributed by atoms with E-state index in [4.69, 9.17) is 17.3 Å². The number of thioether (sulfide) groups is 1. The summed E-state index contributed by atoms with van der Waals surface area (Å²) in [6.45, 7) is 0. The van der Waals surface area contributed by atoms with Crippen molar-refractivity contribution >= 4 is 34.9 Å². The number of aliphatic imine (C=N–C) groups is 1. The van der Waals surface area contributed by atoms with E-state index in [0.29, 0.717) is 10.9 Å². The van der Waals surface area contributed by atoms with E-state index in [-0.39, 0.29) is 0 Å². The maximum atomic E-state index is 6.00. The van der Waals surface area contributed by atoms with Crippen LogP contribution < -0.4 is 5.73 Å². The van der Waals surface area contributed by atoms with Crippen molar-refractivity contribution in [1.29, 1.82) is 0 Å². The number of amidine groups is 1. The van der Waals surface area contributed by atoms with Gasteiger partial charge in [0.1, 0.15) is 5.84 Å². The Morgan fingerprint density at radius 1 is 1.46 bits per heavy atom. The molecular weight excluding hydrogens is 204 g/mol. The third kappa shape index (κ3) is 1.81. The van der Waals surface area contributed by atoms with Crippen molar-refractivity contribution in [1.82, 2.24) is 0 Å². The number of fused-ring (bicyclic) bond motifs is 1. The molecule has 1 aliphatic rings. The molecular formula is C9H9ClN2S. The summed E-state index contributed by atoms with van der Waals surface area (Å²) in [5, 5.41) is 0.676. The fourth-order valence-corrected chi connectivity index (χ4v) is 2.46. The molecule has 0 spiro atoms. The van der Waals surface area contributed by atoms with E-state index < -0.39 is 0 Å². The summed E-state index contributed by atoms with van der Waals surface area (Å²) in [6, 6.07) is 5.79. The van der Waals surface area contributed by atoms with Gasteiger partial charge < -0.3 is 5.73 Å². The molecule has 0 radical (unpaired) electrons. The van der Waals surface area contributed by atoms with Gasteiger partial charge in [-0.1, -0.05) is 17.7 Å². The molecule has 1 aliphatic heterocycles. The topological polar surface area (TPSA) is 38.4 Å². The Labute approximate surface area is 86.2 Å². The molecule has 0 aliphatic carbocycles. The number of nitrogens with two attached hydrogens (primary N) is 1. The van der Waals surface area contributed by atoms with E-state index in [1.54, 1.807) is 11.8 Å². The lowest BCUT2D eigenvalue weighted by Gasteiger charge is -2.02. The van der Waals surface area contributed by atoms with Gasteiger partial charge in [-0.15, -0.1) is 11.8 Å². The third-order valence-corrected chi connectivity index (χ3v) is 3.17. The standard InChI is InChI=1S/C9H9ClN2S/c10-6-2-1-3-7-9(6)12-8(11)4-5-13-7/h1-3H,4-5H2,(H2,11,12). The fourth-order valence-electron chi connectivity index (χ4n) is 1.19. The molecule has 0 amide bonds. The number of para-hydroxylation sites is 1. The highest BCUT2D eigenvalue weighted by molar-refractivity contribution is 7.99. The third-order valence-electron chi connectivity index (χ3n) is 1.82. The van der Waals surface area contributed by atoms with Crippen molar-refractivity contribution in [3.05, 3.63) is 23.2 Å². The molecule has 2 rings (SSSR count). The van der Waals surface area contributed by atoms with Gasteiger partial charge in [0, 0.05) is 17.1 Å². The predicted octanol–water partition coefficient (Wildman–Crippen LogP) is 2.82. The average Bonchev–Trinajstić information content (AvgIpc) is 2.28. The van der Waals surface area contributed by atoms with Crippen molar-refractivity contribution in [2.24, 2.45) is 10.7 Å². The highest BCUT2D eigenvalue weighted by atomic mass is 35.5. The molecule has 0 saturated heterocycles. The van der Waals surface area contributed by atoms with Crippen molar-refractivity contribution in [3.8, 4) is 0 Å². The van der Waals surface area contributed by atoms with Crippen LogP contribution in [0, 0.1) is 0 Å². The van der Waals surface area contributed by atoms with Crippen LogP contribution in [0.4, 0.5) is 5.69 Å². The molecule has 1 aromatic carbocycles. The van der Waals surface area contributed by atoms with Crippen molar-refractivity contribution < 1.29 is 0 Å². The Morgan fingerprint density at radius 3 is 3.15 bits per heavy atom. The second-order valence-corrected chi connectivity index (χ2v) is 4.33. The van der Waals surface area contributed by atoms with E-state index in [9.17, 15) is 0 Å². The van der Waals surface area contributed by atoms with Crippen LogP contribution in [0.5, 0.6) is 0 Å². The van der Waals surface area contributed by atoms with Gasteiger partial charge in [0.2, 0.25) is 0 Å². The Kier molecular flexibility index (Phi) is 2.47. The lowest BCUT2D eigenvalue weighted by molar-refractivity contribution is 1.26. The van der Waals surface area contributed by atoms with Crippen LogP contribution in [-0.2, 0) is 0 Å². The second kappa shape index (κ2) is 3.60. The minimum Gasteiger partial charge on any atom is -0.387 e. The number of halogens is 1. The number of benzene rings is 1. The van der Waals surface area contributed by atoms with Crippen LogP contribution in [0.2, 0.25) is 5.02 Å². The normalized spacial score (nSPS) is 15.9. The van der Waals surface area contributed by atoms with E-state index in [0.717, 1.165) is 22.8 Å². The van der Waals surface area contributed by atoms with Crippen LogP contribution in [0.1, 0.15) is 6.42 Å². The van der Waals surface area contributed by atoms with Crippen LogP contribution >= 0.6 is 23.4 Å². The minimum absolute atomic E-state index is 0.666. The largest absolute Gasteiger partial charge is 0.387 e. The average molecular weight is 213 g/mol. The first-order chi connectivity index (χ1) is 6.27. The molecule has 2 N–H and O–H groups in total. The summed E-state index contributed by atoms with van der Waals surface area (Å²) in [5.74, 6) is 1.64. The van der Waals surface area contributed by atoms with Gasteiger partial charge in [-0.05, 0) is 12.1 Å². The first kappa shape index (κ1) is 8.91. The maximum absolute atomic E-state index is 6.00. The molecule has 1 aromatic rings. The number of hydrogen-bond donors (Lipinski definition) is 1. The van der Waals surface area contributed by atoms with Crippen LogP contribution in [-0.4, -0.2) is 11.6 Å². The Hall–Kier alpha value is -0.670. The maximum Gasteiger partial charge on any atom is 0.101 e. The quantitative estimate of drug-likeness (QED) is 0.718. The molecule has 0 bridgehead atoms. The highest BCUT2D eigenvalue weighted by Gasteiger charge is 2.10. The lowest BCUT2D eigenvalue weighted by Crippen LogP contribution is -2.10. The SMILES string of the molecule is NC1=Nc2c(Cl)cccc2SCC1. The highest BCUT2D eigenvalue weighted by Crippen LogP contribution is 2.37. The molecule has 2 nitrogen and oxygen atoms in total. The number of rotatable bonds is 0. The van der Waals surface area contributed by atoms with Crippen molar-refractivity contribution in [2.75, 3.05) is 5.75 Å². The smallest absolute Gasteiger partial charge is 0.101 e. The second-order valence-electron chi connectivity index (χ2n) is 2.79. The molecule has 4 heteroatoms. The summed E-state index contributed by atoms with van der Waals surface area (Å²) in [7, 11) is 0. The molecule has 1 heterocycles. The van der Waals surface area contributed by atoms with Gasteiger partial charge >= 0.3 is 0 Å². The van der Waals surface area contributed by atoms with Gasteiger partial charge in [-0.3, -0.25) is 0 Å². The molecule has 68 valence electrons. The summed E-state index contributed by atoms with van der Waals surface area (Å²) < 4.78 is 0. The monoisotopic (exact) mass is 212 g/mol. The number of nitrogens with zero attached hydrogens (tertiary/aromatic N) is 1. The summed E-state index contributed by atoms with van der Waals surface area (Å²) in [4.78, 5) is 5.40. The van der Waals surface area contributed by atoms with Crippen molar-refractivity contribution in [2.45, 2.75) is 11.3 Å². The first-order valence-corrected chi connectivity index (χ1v) is 5.38. The minimum atomic E-state index is 0.666. The molecule has 0 fully saturated rings. The molecule has 0 unspecified atom stereocenters. The molecule has 13 heavy (non-hydrogen) atoms. The van der Waals surface area contributed by atoms with Gasteiger partial charge in [-0.2, -0.15) is 0 Å². The molecule has 0 atom stereocenters. The Morgan fingerprint density at radius 2 is 2.31 bits per heavy atom. The first-order valence-electron chi connectivity index (χ1n) is 4.02. The van der Waals surface area contributed by atoms with Gasteiger partial charge in [0.05, 0.1) is 10.7 Å². The van der Waals surface area contributed by atoms with Gasteiger partial charge in [-0.25, -0.2) is 4.99 Å². The zero-order valence-electron chi connectivity index (χ0n) is 6.96. The number of hydrogen-bond acceptors (Lipinski definition) is 3. The van der Waals surface area contributed by atoms with E-state index in [1.807, 2.05) is 18.2 Å². The van der Waals surface area contributed by atoms with Gasteiger partial charge in [0.15, 0.2) is 0 Å². The van der Waals surface area contributed by atoms with Gasteiger partial charge in [0.25, 0.3) is 0 Å². The van der Waals surface area contributed by atoms with Crippen molar-refractivity contribution in [3.63, 3.8) is 0 Å². The summed E-state index contributed by atoms with van der Waals surface area (Å²) in [6.07, 6.45) is 0.829. The van der Waals surface area contributed by atoms with Crippen LogP contribution in [0.15, 0.2) is 28.1 Å². The van der Waals surface area contributed by atoms with E-state index in [2.05, 4.69) is 4.99 Å². The molecule has 0 saturated carbocycles.